The number of hydrogen-bond acceptors (Lipinski definition) is 5. The van der Waals surface area contributed by atoms with Crippen LogP contribution in [0.5, 0.6) is 11.5 Å². The number of nitrogens with zero attached hydrogens (tertiary/aromatic N) is 2. The van der Waals surface area contributed by atoms with Crippen LogP contribution in [0.15, 0.2) is 28.7 Å². The van der Waals surface area contributed by atoms with Gasteiger partial charge < -0.3 is 14.2 Å². The summed E-state index contributed by atoms with van der Waals surface area (Å²) in [5.41, 5.74) is -0.900. The zero-order valence-electron chi connectivity index (χ0n) is 18.4. The van der Waals surface area contributed by atoms with Gasteiger partial charge >= 0.3 is 12.6 Å². The molecule has 0 unspecified atom stereocenters. The van der Waals surface area contributed by atoms with Crippen molar-refractivity contribution in [2.75, 3.05) is 7.11 Å². The summed E-state index contributed by atoms with van der Waals surface area (Å²) in [5.74, 6) is -1.57. The van der Waals surface area contributed by atoms with E-state index in [1.54, 1.807) is 26.8 Å². The summed E-state index contributed by atoms with van der Waals surface area (Å²) in [6, 6.07) is 5.35. The van der Waals surface area contributed by atoms with Crippen LogP contribution in [0.2, 0.25) is 0 Å². The largest absolute Gasteiger partial charge is 0.496 e. The molecular formula is C22H21BrF4N2O4. The number of carbonyl (C=O) groups excluding carboxylic acids is 1. The molecule has 178 valence electrons. The summed E-state index contributed by atoms with van der Waals surface area (Å²) < 4.78 is 71.1. The molecule has 1 aromatic heterocycles. The number of fused-ring (bicyclic) bond motifs is 1. The number of carbonyl (C=O) groups is 1. The molecule has 0 aliphatic carbocycles. The third kappa shape index (κ3) is 5.23. The maximum Gasteiger partial charge on any atom is 0.387 e. The number of methoxy groups -OCH3 is 1. The summed E-state index contributed by atoms with van der Waals surface area (Å²) in [6.45, 7) is 1.59. The summed E-state index contributed by atoms with van der Waals surface area (Å²) in [7, 11) is 2.77. The smallest absolute Gasteiger partial charge is 0.387 e. The standard InChI is InChI=1S/C22H21BrF4N2O4/c1-22(2,3)33-20(30)17-14(31-5)6-10(7-15(17)32-21(26)27)18-16-12(19(24)25)8-11(23)9-13(16)28-29(18)4/h6-9,19,21H,1-5H3. The van der Waals surface area contributed by atoms with Crippen molar-refractivity contribution in [2.24, 2.45) is 7.05 Å². The SMILES string of the molecule is COc1cc(-c2c3c(C(F)F)cc(Br)cc3nn2C)cc(OC(F)F)c1C(=O)OC(C)(C)C. The number of aromatic nitrogens is 2. The third-order valence-corrected chi connectivity index (χ3v) is 5.00. The van der Waals surface area contributed by atoms with Gasteiger partial charge in [-0.15, -0.1) is 0 Å². The third-order valence-electron chi connectivity index (χ3n) is 4.54. The van der Waals surface area contributed by atoms with Crippen molar-refractivity contribution in [1.29, 1.82) is 0 Å². The van der Waals surface area contributed by atoms with Gasteiger partial charge in [-0.05, 0) is 45.0 Å². The lowest BCUT2D eigenvalue weighted by Gasteiger charge is -2.22. The van der Waals surface area contributed by atoms with Crippen LogP contribution in [-0.2, 0) is 11.8 Å². The van der Waals surface area contributed by atoms with E-state index in [-0.39, 0.29) is 39.0 Å². The Kier molecular flexibility index (Phi) is 6.92. The van der Waals surface area contributed by atoms with E-state index in [9.17, 15) is 22.4 Å². The minimum absolute atomic E-state index is 0.123. The van der Waals surface area contributed by atoms with Gasteiger partial charge in [-0.1, -0.05) is 15.9 Å². The average Bonchev–Trinajstić information content (AvgIpc) is 2.99. The predicted molar refractivity (Wildman–Crippen MR) is 117 cm³/mol. The van der Waals surface area contributed by atoms with E-state index in [2.05, 4.69) is 25.8 Å². The van der Waals surface area contributed by atoms with Gasteiger partial charge in [-0.25, -0.2) is 13.6 Å². The molecule has 1 heterocycles. The van der Waals surface area contributed by atoms with Gasteiger partial charge in [-0.3, -0.25) is 4.68 Å². The van der Waals surface area contributed by atoms with Crippen LogP contribution < -0.4 is 9.47 Å². The summed E-state index contributed by atoms with van der Waals surface area (Å²) in [4.78, 5) is 12.8. The Bertz CT molecular complexity index is 1210. The first-order chi connectivity index (χ1) is 15.3. The predicted octanol–water partition coefficient (Wildman–Crippen LogP) is 6.51. The molecule has 0 fully saturated rings. The van der Waals surface area contributed by atoms with Crippen LogP contribution in [-0.4, -0.2) is 35.1 Å². The average molecular weight is 533 g/mol. The second-order valence-electron chi connectivity index (χ2n) is 8.09. The van der Waals surface area contributed by atoms with Gasteiger partial charge in [0.15, 0.2) is 0 Å². The van der Waals surface area contributed by atoms with Gasteiger partial charge in [0.2, 0.25) is 0 Å². The molecule has 33 heavy (non-hydrogen) atoms. The van der Waals surface area contributed by atoms with E-state index in [0.717, 1.165) is 6.07 Å². The van der Waals surface area contributed by atoms with Crippen LogP contribution >= 0.6 is 15.9 Å². The molecule has 0 amide bonds. The van der Waals surface area contributed by atoms with Crippen molar-refractivity contribution >= 4 is 32.8 Å². The Morgan fingerprint density at radius 3 is 2.27 bits per heavy atom. The van der Waals surface area contributed by atoms with Crippen molar-refractivity contribution in [3.63, 3.8) is 0 Å². The highest BCUT2D eigenvalue weighted by Gasteiger charge is 2.29. The maximum absolute atomic E-state index is 13.8. The fourth-order valence-electron chi connectivity index (χ4n) is 3.43. The number of rotatable bonds is 6. The molecule has 6 nitrogen and oxygen atoms in total. The van der Waals surface area contributed by atoms with E-state index >= 15 is 0 Å². The molecule has 2 aromatic carbocycles. The highest BCUT2D eigenvalue weighted by molar-refractivity contribution is 9.10. The zero-order valence-corrected chi connectivity index (χ0v) is 20.0. The van der Waals surface area contributed by atoms with E-state index < -0.39 is 30.4 Å². The quantitative estimate of drug-likeness (QED) is 0.267. The highest BCUT2D eigenvalue weighted by atomic mass is 79.9. The molecule has 0 aliphatic rings. The Balaban J connectivity index is 2.32. The zero-order chi connectivity index (χ0) is 24.7. The molecule has 11 heteroatoms. The minimum Gasteiger partial charge on any atom is -0.496 e. The van der Waals surface area contributed by atoms with Crippen molar-refractivity contribution in [3.8, 4) is 22.8 Å². The lowest BCUT2D eigenvalue weighted by molar-refractivity contribution is -0.0509. The molecular weight excluding hydrogens is 512 g/mol. The van der Waals surface area contributed by atoms with Crippen LogP contribution in [0.3, 0.4) is 0 Å². The van der Waals surface area contributed by atoms with E-state index in [4.69, 9.17) is 9.47 Å². The topological polar surface area (TPSA) is 62.6 Å². The van der Waals surface area contributed by atoms with Gasteiger partial charge in [0.1, 0.15) is 22.7 Å². The number of aryl methyl sites for hydroxylation is 1. The first-order valence-corrected chi connectivity index (χ1v) is 10.5. The van der Waals surface area contributed by atoms with Gasteiger partial charge in [-0.2, -0.15) is 13.9 Å². The Hall–Kier alpha value is -2.82. The molecule has 0 saturated heterocycles. The summed E-state index contributed by atoms with van der Waals surface area (Å²) >= 11 is 3.20. The Morgan fingerprint density at radius 2 is 1.73 bits per heavy atom. The van der Waals surface area contributed by atoms with E-state index in [1.807, 2.05) is 0 Å². The van der Waals surface area contributed by atoms with Crippen molar-refractivity contribution in [2.45, 2.75) is 39.4 Å². The number of alkyl halides is 4. The van der Waals surface area contributed by atoms with Crippen molar-refractivity contribution in [1.82, 2.24) is 9.78 Å². The molecule has 0 atom stereocenters. The number of halogens is 5. The molecule has 3 aromatic rings. The van der Waals surface area contributed by atoms with E-state index in [0.29, 0.717) is 4.47 Å². The normalized spacial score (nSPS) is 12.0. The number of hydrogen-bond donors (Lipinski definition) is 0. The van der Waals surface area contributed by atoms with Gasteiger partial charge in [0.25, 0.3) is 6.43 Å². The molecule has 0 N–H and O–H groups in total. The fraction of sp³-hybridized carbons (Fsp3) is 0.364. The molecule has 0 spiro atoms. The molecule has 0 aliphatic heterocycles. The number of benzene rings is 2. The lowest BCUT2D eigenvalue weighted by Crippen LogP contribution is -2.25. The van der Waals surface area contributed by atoms with Crippen LogP contribution in [0.1, 0.15) is 43.1 Å². The summed E-state index contributed by atoms with van der Waals surface area (Å²) in [6.07, 6.45) is -2.83. The number of esters is 1. The van der Waals surface area contributed by atoms with Crippen molar-refractivity contribution in [3.05, 3.63) is 39.9 Å². The fourth-order valence-corrected chi connectivity index (χ4v) is 3.90. The Labute approximate surface area is 195 Å². The Morgan fingerprint density at radius 1 is 1.09 bits per heavy atom. The first-order valence-electron chi connectivity index (χ1n) is 9.67. The van der Waals surface area contributed by atoms with E-state index in [1.165, 1.54) is 31.0 Å². The minimum atomic E-state index is -3.26. The maximum atomic E-state index is 13.8. The molecule has 3 rings (SSSR count). The molecule has 0 bridgehead atoms. The monoisotopic (exact) mass is 532 g/mol. The second kappa shape index (κ2) is 9.20. The highest BCUT2D eigenvalue weighted by Crippen LogP contribution is 2.42. The number of ether oxygens (including phenoxy) is 3. The van der Waals surface area contributed by atoms with Crippen LogP contribution in [0, 0.1) is 0 Å². The van der Waals surface area contributed by atoms with Crippen LogP contribution in [0.25, 0.3) is 22.2 Å². The van der Waals surface area contributed by atoms with Gasteiger partial charge in [0.05, 0.1) is 18.3 Å². The molecule has 0 saturated carbocycles. The van der Waals surface area contributed by atoms with Gasteiger partial charge in [0, 0.05) is 28.0 Å². The van der Waals surface area contributed by atoms with Crippen LogP contribution in [0.4, 0.5) is 17.6 Å². The summed E-state index contributed by atoms with van der Waals surface area (Å²) in [5, 5.41) is 4.41. The first kappa shape index (κ1) is 24.8. The molecule has 0 radical (unpaired) electrons. The van der Waals surface area contributed by atoms with Crippen molar-refractivity contribution < 1.29 is 36.6 Å². The lowest BCUT2D eigenvalue weighted by atomic mass is 10.0. The second-order valence-corrected chi connectivity index (χ2v) is 9.01.